The van der Waals surface area contributed by atoms with E-state index in [1.165, 1.54) is 12.5 Å². The van der Waals surface area contributed by atoms with Gasteiger partial charge in [-0.2, -0.15) is 0 Å². The monoisotopic (exact) mass is 432 g/mol. The maximum atomic E-state index is 12.4. The summed E-state index contributed by atoms with van der Waals surface area (Å²) in [5.41, 5.74) is 0.873. The number of amides is 1. The number of benzene rings is 1. The Labute approximate surface area is 177 Å². The number of nitrogens with zero attached hydrogens (tertiary/aromatic N) is 4. The number of carbonyl (C=O) groups excluding carboxylic acids is 1. The van der Waals surface area contributed by atoms with E-state index < -0.39 is 9.84 Å². The number of sulfone groups is 1. The third kappa shape index (κ3) is 4.74. The molecule has 0 spiro atoms. The van der Waals surface area contributed by atoms with Crippen molar-refractivity contribution in [1.82, 2.24) is 19.9 Å². The molecule has 8 nitrogen and oxygen atoms in total. The van der Waals surface area contributed by atoms with Crippen molar-refractivity contribution >= 4 is 15.7 Å². The van der Waals surface area contributed by atoms with E-state index in [1.807, 2.05) is 17.0 Å². The van der Waals surface area contributed by atoms with Crippen LogP contribution in [0.5, 0.6) is 0 Å². The van der Waals surface area contributed by atoms with E-state index in [0.29, 0.717) is 36.3 Å². The van der Waals surface area contributed by atoms with Gasteiger partial charge in [-0.3, -0.25) is 14.6 Å². The summed E-state index contributed by atoms with van der Waals surface area (Å²) < 4.78 is 29.1. The molecule has 30 heavy (non-hydrogen) atoms. The van der Waals surface area contributed by atoms with Crippen LogP contribution in [-0.2, 0) is 16.4 Å². The van der Waals surface area contributed by atoms with Crippen LogP contribution >= 0.6 is 0 Å². The van der Waals surface area contributed by atoms with Crippen LogP contribution < -0.4 is 0 Å². The standard InChI is InChI=1S/C21H28N4O4S/c1-30(27,28)20-5-3-2-4-17(20)16-23-10-7-18(8-11-23)24-12-14-25(15-13-24)21(26)19-6-9-22-29-19/h2-6,9,18H,7-8,10-16H2,1H3. The fourth-order valence-electron chi connectivity index (χ4n) is 4.45. The van der Waals surface area contributed by atoms with Gasteiger partial charge in [0.25, 0.3) is 5.91 Å². The van der Waals surface area contributed by atoms with E-state index in [-0.39, 0.29) is 5.91 Å². The van der Waals surface area contributed by atoms with Crippen LogP contribution in [0.4, 0.5) is 0 Å². The zero-order chi connectivity index (χ0) is 21.1. The fourth-order valence-corrected chi connectivity index (χ4v) is 5.39. The Bertz CT molecular complexity index is 961. The lowest BCUT2D eigenvalue weighted by Gasteiger charge is -2.42. The van der Waals surface area contributed by atoms with Gasteiger partial charge in [0.1, 0.15) is 0 Å². The third-order valence-corrected chi connectivity index (χ3v) is 7.29. The summed E-state index contributed by atoms with van der Waals surface area (Å²) in [5.74, 6) is 0.206. The molecular formula is C21H28N4O4S. The Morgan fingerprint density at radius 2 is 1.77 bits per heavy atom. The molecule has 4 rings (SSSR count). The smallest absolute Gasteiger partial charge is 0.292 e. The number of aromatic nitrogens is 1. The number of piperidine rings is 1. The Kier molecular flexibility index (Phi) is 6.21. The van der Waals surface area contributed by atoms with Gasteiger partial charge in [0.15, 0.2) is 9.84 Å². The zero-order valence-corrected chi connectivity index (χ0v) is 18.1. The number of carbonyl (C=O) groups is 1. The molecule has 2 fully saturated rings. The number of rotatable bonds is 5. The van der Waals surface area contributed by atoms with Crippen molar-refractivity contribution in [2.75, 3.05) is 45.5 Å². The van der Waals surface area contributed by atoms with Crippen LogP contribution in [0, 0.1) is 0 Å². The van der Waals surface area contributed by atoms with E-state index >= 15 is 0 Å². The van der Waals surface area contributed by atoms with Crippen molar-refractivity contribution in [3.8, 4) is 0 Å². The van der Waals surface area contributed by atoms with E-state index in [4.69, 9.17) is 4.52 Å². The SMILES string of the molecule is CS(=O)(=O)c1ccccc1CN1CCC(N2CCN(C(=O)c3ccno3)CC2)CC1. The van der Waals surface area contributed by atoms with Gasteiger partial charge in [0, 0.05) is 51.1 Å². The van der Waals surface area contributed by atoms with E-state index in [1.54, 1.807) is 18.2 Å². The van der Waals surface area contributed by atoms with Crippen LogP contribution in [0.15, 0.2) is 45.9 Å². The second-order valence-electron chi connectivity index (χ2n) is 8.09. The summed E-state index contributed by atoms with van der Waals surface area (Å²) in [6.45, 7) is 5.67. The normalized spacial score (nSPS) is 19.8. The van der Waals surface area contributed by atoms with Crippen LogP contribution in [0.1, 0.15) is 29.0 Å². The predicted octanol–water partition coefficient (Wildman–Crippen LogP) is 1.50. The number of likely N-dealkylation sites (tertiary alicyclic amines) is 1. The largest absolute Gasteiger partial charge is 0.351 e. The van der Waals surface area contributed by atoms with Gasteiger partial charge < -0.3 is 9.42 Å². The van der Waals surface area contributed by atoms with Gasteiger partial charge in [-0.15, -0.1) is 0 Å². The molecule has 2 aliphatic rings. The van der Waals surface area contributed by atoms with Crippen molar-refractivity contribution in [3.63, 3.8) is 0 Å². The molecule has 162 valence electrons. The Balaban J connectivity index is 1.27. The molecule has 3 heterocycles. The first-order valence-electron chi connectivity index (χ1n) is 10.4. The van der Waals surface area contributed by atoms with Crippen LogP contribution in [0.25, 0.3) is 0 Å². The maximum Gasteiger partial charge on any atom is 0.292 e. The Hall–Kier alpha value is -2.23. The van der Waals surface area contributed by atoms with E-state index in [2.05, 4.69) is 15.0 Å². The molecule has 1 aromatic carbocycles. The van der Waals surface area contributed by atoms with Crippen LogP contribution in [0.2, 0.25) is 0 Å². The van der Waals surface area contributed by atoms with Gasteiger partial charge in [-0.25, -0.2) is 8.42 Å². The van der Waals surface area contributed by atoms with Gasteiger partial charge in [-0.05, 0) is 37.6 Å². The molecule has 0 radical (unpaired) electrons. The van der Waals surface area contributed by atoms with Gasteiger partial charge in [-0.1, -0.05) is 23.4 Å². The van der Waals surface area contributed by atoms with Crippen molar-refractivity contribution < 1.29 is 17.7 Å². The Morgan fingerprint density at radius 3 is 2.40 bits per heavy atom. The van der Waals surface area contributed by atoms with E-state index in [9.17, 15) is 13.2 Å². The molecule has 0 saturated carbocycles. The highest BCUT2D eigenvalue weighted by atomic mass is 32.2. The lowest BCUT2D eigenvalue weighted by molar-refractivity contribution is 0.0418. The number of hydrogen-bond acceptors (Lipinski definition) is 7. The minimum atomic E-state index is -3.22. The summed E-state index contributed by atoms with van der Waals surface area (Å²) in [5, 5.41) is 3.61. The summed E-state index contributed by atoms with van der Waals surface area (Å²) in [4.78, 5) is 19.5. The summed E-state index contributed by atoms with van der Waals surface area (Å²) in [6.07, 6.45) is 4.87. The minimum absolute atomic E-state index is 0.0912. The van der Waals surface area contributed by atoms with Crippen molar-refractivity contribution in [3.05, 3.63) is 47.9 Å². The molecule has 1 aromatic heterocycles. The minimum Gasteiger partial charge on any atom is -0.351 e. The highest BCUT2D eigenvalue weighted by Gasteiger charge is 2.30. The van der Waals surface area contributed by atoms with Crippen LogP contribution in [0.3, 0.4) is 0 Å². The molecule has 2 aliphatic heterocycles. The summed E-state index contributed by atoms with van der Waals surface area (Å²) in [6, 6.07) is 9.39. The van der Waals surface area contributed by atoms with Crippen molar-refractivity contribution in [2.45, 2.75) is 30.3 Å². The maximum absolute atomic E-state index is 12.4. The molecule has 0 atom stereocenters. The molecule has 0 aliphatic carbocycles. The Morgan fingerprint density at radius 1 is 1.07 bits per heavy atom. The highest BCUT2D eigenvalue weighted by molar-refractivity contribution is 7.90. The molecule has 9 heteroatoms. The molecule has 0 bridgehead atoms. The molecule has 0 N–H and O–H groups in total. The van der Waals surface area contributed by atoms with Gasteiger partial charge >= 0.3 is 0 Å². The lowest BCUT2D eigenvalue weighted by Crippen LogP contribution is -2.54. The summed E-state index contributed by atoms with van der Waals surface area (Å²) in [7, 11) is -3.22. The lowest BCUT2D eigenvalue weighted by atomic mass is 10.0. The van der Waals surface area contributed by atoms with Crippen LogP contribution in [-0.4, -0.2) is 85.7 Å². The summed E-state index contributed by atoms with van der Waals surface area (Å²) >= 11 is 0. The molecule has 1 amide bonds. The fraction of sp³-hybridized carbons (Fsp3) is 0.524. The van der Waals surface area contributed by atoms with Crippen molar-refractivity contribution in [2.24, 2.45) is 0 Å². The first kappa shape index (κ1) is 21.0. The first-order chi connectivity index (χ1) is 14.4. The predicted molar refractivity (Wildman–Crippen MR) is 112 cm³/mol. The quantitative estimate of drug-likeness (QED) is 0.708. The zero-order valence-electron chi connectivity index (χ0n) is 17.2. The second kappa shape index (κ2) is 8.87. The highest BCUT2D eigenvalue weighted by Crippen LogP contribution is 2.23. The molecular weight excluding hydrogens is 404 g/mol. The third-order valence-electron chi connectivity index (χ3n) is 6.09. The van der Waals surface area contributed by atoms with E-state index in [0.717, 1.165) is 44.6 Å². The number of hydrogen-bond donors (Lipinski definition) is 0. The average Bonchev–Trinajstić information content (AvgIpc) is 3.29. The topological polar surface area (TPSA) is 87.0 Å². The van der Waals surface area contributed by atoms with Crippen molar-refractivity contribution in [1.29, 1.82) is 0 Å². The average molecular weight is 433 g/mol. The molecule has 2 saturated heterocycles. The van der Waals surface area contributed by atoms with Gasteiger partial charge in [0.2, 0.25) is 5.76 Å². The molecule has 0 unspecified atom stereocenters. The van der Waals surface area contributed by atoms with Gasteiger partial charge in [0.05, 0.1) is 11.1 Å². The number of piperazine rings is 1. The first-order valence-corrected chi connectivity index (χ1v) is 12.3. The molecule has 2 aromatic rings. The second-order valence-corrected chi connectivity index (χ2v) is 10.1.